The summed E-state index contributed by atoms with van der Waals surface area (Å²) >= 11 is 5.88. The van der Waals surface area contributed by atoms with Crippen molar-refractivity contribution in [3.63, 3.8) is 0 Å². The van der Waals surface area contributed by atoms with Crippen LogP contribution in [-0.4, -0.2) is 57.5 Å². The highest BCUT2D eigenvalue weighted by Crippen LogP contribution is 2.33. The lowest BCUT2D eigenvalue weighted by atomic mass is 10.2. The number of ether oxygens (including phenoxy) is 1. The van der Waals surface area contributed by atoms with Crippen LogP contribution in [0.4, 0.5) is 26.3 Å². The Balaban J connectivity index is 1.83. The topological polar surface area (TPSA) is 130 Å². The van der Waals surface area contributed by atoms with Gasteiger partial charge in [-0.15, -0.1) is 10.2 Å². The average molecular weight is 620 g/mol. The number of nitrogens with zero attached hydrogens (tertiary/aromatic N) is 7. The first-order valence-corrected chi connectivity index (χ1v) is 12.3. The van der Waals surface area contributed by atoms with E-state index in [-0.39, 0.29) is 23.0 Å². The standard InChI is InChI=1S/C24H20ClF6N7O4/c1-12(42-13(2)39)19-33-18(34-38(19)21-16(23(26,27)28)4-3-9-32-21)11-37-22(41)36(10-17(40)24(29,30)31)20(35-37)14-5-7-15(25)8-6-14/h3-9,12,17,40H,10-11H2,1-2H3/t12-,17-/m0/s1. The smallest absolute Gasteiger partial charge is 0.420 e. The number of halogens is 7. The molecule has 0 fully saturated rings. The second-order valence-corrected chi connectivity index (χ2v) is 9.30. The number of aliphatic hydroxyl groups excluding tert-OH is 1. The molecular weight excluding hydrogens is 600 g/mol. The molecule has 3 heterocycles. The molecular formula is C24H20ClF6N7O4. The van der Waals surface area contributed by atoms with Gasteiger partial charge in [0.15, 0.2) is 35.5 Å². The highest BCUT2D eigenvalue weighted by Gasteiger charge is 2.40. The van der Waals surface area contributed by atoms with Gasteiger partial charge < -0.3 is 9.84 Å². The number of carbonyl (C=O) groups is 1. The summed E-state index contributed by atoms with van der Waals surface area (Å²) in [7, 11) is 0. The third-order valence-electron chi connectivity index (χ3n) is 5.72. The van der Waals surface area contributed by atoms with E-state index in [0.717, 1.165) is 25.3 Å². The predicted molar refractivity (Wildman–Crippen MR) is 132 cm³/mol. The number of hydrogen-bond donors (Lipinski definition) is 1. The van der Waals surface area contributed by atoms with Crippen LogP contribution in [0.3, 0.4) is 0 Å². The molecule has 0 saturated carbocycles. The number of hydrogen-bond acceptors (Lipinski definition) is 8. The minimum atomic E-state index is -5.06. The van der Waals surface area contributed by atoms with E-state index in [4.69, 9.17) is 16.3 Å². The Hall–Kier alpha value is -4.25. The molecule has 0 amide bonds. The molecule has 11 nitrogen and oxygen atoms in total. The molecule has 18 heteroatoms. The molecule has 0 aliphatic heterocycles. The molecule has 1 N–H and O–H groups in total. The van der Waals surface area contributed by atoms with Crippen LogP contribution < -0.4 is 5.69 Å². The van der Waals surface area contributed by atoms with Crippen LogP contribution in [-0.2, 0) is 28.8 Å². The molecule has 1 aromatic carbocycles. The maximum absolute atomic E-state index is 13.8. The van der Waals surface area contributed by atoms with Crippen LogP contribution in [0.15, 0.2) is 47.4 Å². The Labute approximate surface area is 236 Å². The van der Waals surface area contributed by atoms with E-state index in [0.29, 0.717) is 19.0 Å². The normalized spacial score (nSPS) is 13.7. The van der Waals surface area contributed by atoms with Crippen molar-refractivity contribution in [1.82, 2.24) is 34.1 Å². The Morgan fingerprint density at radius 3 is 2.36 bits per heavy atom. The number of carbonyl (C=O) groups excluding carboxylic acids is 1. The zero-order valence-corrected chi connectivity index (χ0v) is 22.3. The third-order valence-corrected chi connectivity index (χ3v) is 5.98. The lowest BCUT2D eigenvalue weighted by molar-refractivity contribution is -0.207. The molecule has 0 aliphatic rings. The Morgan fingerprint density at radius 2 is 1.76 bits per heavy atom. The minimum absolute atomic E-state index is 0.176. The van der Waals surface area contributed by atoms with E-state index in [1.165, 1.54) is 31.2 Å². The van der Waals surface area contributed by atoms with Crippen LogP contribution in [0, 0.1) is 0 Å². The van der Waals surface area contributed by atoms with Crippen LogP contribution in [0.1, 0.15) is 37.2 Å². The van der Waals surface area contributed by atoms with Crippen molar-refractivity contribution in [2.75, 3.05) is 0 Å². The molecule has 0 spiro atoms. The van der Waals surface area contributed by atoms with Crippen molar-refractivity contribution in [3.8, 4) is 17.2 Å². The maximum atomic E-state index is 13.8. The van der Waals surface area contributed by atoms with E-state index in [2.05, 4.69) is 20.2 Å². The van der Waals surface area contributed by atoms with Gasteiger partial charge in [0.1, 0.15) is 12.1 Å². The van der Waals surface area contributed by atoms with Crippen LogP contribution in [0.5, 0.6) is 0 Å². The SMILES string of the molecule is CC(=O)O[C@@H](C)c1nc(Cn2nc(-c3ccc(Cl)cc3)n(C[C@H](O)C(F)(F)F)c2=O)nn1-c1ncccc1C(F)(F)F. The first-order valence-electron chi connectivity index (χ1n) is 11.9. The molecule has 4 rings (SSSR count). The number of esters is 1. The second kappa shape index (κ2) is 11.6. The van der Waals surface area contributed by atoms with Gasteiger partial charge in [0.05, 0.1) is 6.54 Å². The summed E-state index contributed by atoms with van der Waals surface area (Å²) in [6, 6.07) is 7.39. The van der Waals surface area contributed by atoms with Gasteiger partial charge in [-0.3, -0.25) is 9.36 Å². The largest absolute Gasteiger partial charge is 0.455 e. The summed E-state index contributed by atoms with van der Waals surface area (Å²) in [4.78, 5) is 32.6. The highest BCUT2D eigenvalue weighted by atomic mass is 35.5. The van der Waals surface area contributed by atoms with Crippen molar-refractivity contribution in [2.45, 2.75) is 51.5 Å². The molecule has 224 valence electrons. The Kier molecular flexibility index (Phi) is 8.45. The number of aliphatic hydroxyl groups is 1. The van der Waals surface area contributed by atoms with E-state index >= 15 is 0 Å². The predicted octanol–water partition coefficient (Wildman–Crippen LogP) is 3.96. The third kappa shape index (κ3) is 6.62. The molecule has 3 aromatic heterocycles. The van der Waals surface area contributed by atoms with Crippen molar-refractivity contribution < 1.29 is 41.0 Å². The lowest BCUT2D eigenvalue weighted by Crippen LogP contribution is -2.37. The van der Waals surface area contributed by atoms with E-state index < -0.39 is 60.7 Å². The van der Waals surface area contributed by atoms with E-state index in [1.54, 1.807) is 0 Å². The molecule has 0 unspecified atom stereocenters. The number of alkyl halides is 6. The first-order chi connectivity index (χ1) is 19.6. The minimum Gasteiger partial charge on any atom is -0.455 e. The van der Waals surface area contributed by atoms with Gasteiger partial charge >= 0.3 is 24.0 Å². The molecule has 0 bridgehead atoms. The summed E-state index contributed by atoms with van der Waals surface area (Å²) < 4.78 is 87.7. The van der Waals surface area contributed by atoms with Gasteiger partial charge in [-0.1, -0.05) is 11.6 Å². The fourth-order valence-corrected chi connectivity index (χ4v) is 4.00. The molecule has 4 aromatic rings. The number of pyridine rings is 1. The van der Waals surface area contributed by atoms with Gasteiger partial charge in [-0.2, -0.15) is 31.0 Å². The van der Waals surface area contributed by atoms with Gasteiger partial charge in [-0.05, 0) is 43.3 Å². The van der Waals surface area contributed by atoms with Gasteiger partial charge in [0, 0.05) is 23.7 Å². The fraction of sp³-hybridized carbons (Fsp3) is 0.333. The Bertz CT molecular complexity index is 1650. The molecule has 0 aliphatic carbocycles. The number of rotatable bonds is 8. The number of benzene rings is 1. The van der Waals surface area contributed by atoms with Crippen molar-refractivity contribution >= 4 is 17.6 Å². The number of aromatic nitrogens is 7. The zero-order chi connectivity index (χ0) is 31.0. The molecule has 2 atom stereocenters. The van der Waals surface area contributed by atoms with E-state index in [1.807, 2.05) is 0 Å². The van der Waals surface area contributed by atoms with Crippen molar-refractivity contribution in [1.29, 1.82) is 0 Å². The van der Waals surface area contributed by atoms with Gasteiger partial charge in [0.25, 0.3) is 0 Å². The molecule has 0 radical (unpaired) electrons. The van der Waals surface area contributed by atoms with Crippen LogP contribution in [0.25, 0.3) is 17.2 Å². The first kappa shape index (κ1) is 30.7. The second-order valence-electron chi connectivity index (χ2n) is 8.86. The fourth-order valence-electron chi connectivity index (χ4n) is 3.87. The monoisotopic (exact) mass is 619 g/mol. The van der Waals surface area contributed by atoms with Gasteiger partial charge in [0.2, 0.25) is 0 Å². The summed E-state index contributed by atoms with van der Waals surface area (Å²) in [5.41, 5.74) is -2.12. The Morgan fingerprint density at radius 1 is 1.10 bits per heavy atom. The molecule has 0 saturated heterocycles. The zero-order valence-electron chi connectivity index (χ0n) is 21.6. The summed E-state index contributed by atoms with van der Waals surface area (Å²) in [5.74, 6) is -2.35. The maximum Gasteiger partial charge on any atom is 0.420 e. The summed E-state index contributed by atoms with van der Waals surface area (Å²) in [5, 5.41) is 18.1. The van der Waals surface area contributed by atoms with Gasteiger partial charge in [-0.25, -0.2) is 19.4 Å². The molecule has 42 heavy (non-hydrogen) atoms. The average Bonchev–Trinajstić information content (AvgIpc) is 3.45. The lowest BCUT2D eigenvalue weighted by Gasteiger charge is -2.15. The van der Waals surface area contributed by atoms with Crippen molar-refractivity contribution in [3.05, 3.63) is 75.3 Å². The van der Waals surface area contributed by atoms with Crippen molar-refractivity contribution in [2.24, 2.45) is 0 Å². The van der Waals surface area contributed by atoms with Crippen LogP contribution in [0.2, 0.25) is 5.02 Å². The summed E-state index contributed by atoms with van der Waals surface area (Å²) in [6.45, 7) is 0.551. The van der Waals surface area contributed by atoms with Crippen LogP contribution >= 0.6 is 11.6 Å². The quantitative estimate of drug-likeness (QED) is 0.232. The highest BCUT2D eigenvalue weighted by molar-refractivity contribution is 6.30. The summed E-state index contributed by atoms with van der Waals surface area (Å²) in [6.07, 6.45) is -13.0. The van der Waals surface area contributed by atoms with E-state index in [9.17, 15) is 41.0 Å².